The third kappa shape index (κ3) is 5.03. The van der Waals surface area contributed by atoms with Crippen molar-refractivity contribution in [3.63, 3.8) is 0 Å². The normalized spacial score (nSPS) is 16.4. The van der Waals surface area contributed by atoms with Gasteiger partial charge in [-0.25, -0.2) is 0 Å². The Labute approximate surface area is 272 Å². The number of allylic oxidation sites excluding steroid dienone is 7. The maximum absolute atomic E-state index is 5.31. The molecule has 0 radical (unpaired) electrons. The SMILES string of the molecule is Cc1cc(-c2cccc(C3=CC(c4ccccc4)=CCC(C4C=CC=C4)=N3)c2)cc(-c2ccc3c(c2)C(C)(C)c2ccccc2-3)c1. The molecule has 0 N–H and O–H groups in total. The van der Waals surface area contributed by atoms with Crippen LogP contribution in [0.15, 0.2) is 157 Å². The first-order valence-corrected chi connectivity index (χ1v) is 16.3. The molecule has 1 aliphatic heterocycles. The van der Waals surface area contributed by atoms with E-state index in [4.69, 9.17) is 4.99 Å². The molecule has 0 saturated carbocycles. The highest BCUT2D eigenvalue weighted by Crippen LogP contribution is 2.49. The van der Waals surface area contributed by atoms with Gasteiger partial charge in [0.1, 0.15) is 0 Å². The Bertz CT molecular complexity index is 2140. The van der Waals surface area contributed by atoms with Crippen LogP contribution in [0.25, 0.3) is 44.7 Å². The lowest BCUT2D eigenvalue weighted by molar-refractivity contribution is 0.660. The van der Waals surface area contributed by atoms with Crippen LogP contribution in [0, 0.1) is 12.8 Å². The smallest absolute Gasteiger partial charge is 0.0708 e. The fraction of sp³-hybridized carbons (Fsp3) is 0.133. The minimum Gasteiger partial charge on any atom is -0.256 e. The van der Waals surface area contributed by atoms with Crippen LogP contribution in [0.1, 0.15) is 48.1 Å². The molecule has 222 valence electrons. The molecule has 1 nitrogen and oxygen atoms in total. The number of nitrogens with zero attached hydrogens (tertiary/aromatic N) is 1. The zero-order valence-corrected chi connectivity index (χ0v) is 26.7. The Hall–Kier alpha value is -5.27. The van der Waals surface area contributed by atoms with Gasteiger partial charge in [-0.3, -0.25) is 4.99 Å². The van der Waals surface area contributed by atoms with E-state index in [1.807, 2.05) is 0 Å². The van der Waals surface area contributed by atoms with Gasteiger partial charge in [0.25, 0.3) is 0 Å². The highest BCUT2D eigenvalue weighted by Gasteiger charge is 2.35. The molecular weight excluding hydrogens is 555 g/mol. The molecule has 0 unspecified atom stereocenters. The number of aliphatic imine (C=N–C) groups is 1. The van der Waals surface area contributed by atoms with Crippen molar-refractivity contribution in [2.75, 3.05) is 0 Å². The first-order chi connectivity index (χ1) is 22.4. The van der Waals surface area contributed by atoms with Crippen molar-refractivity contribution in [1.29, 1.82) is 0 Å². The average molecular weight is 592 g/mol. The van der Waals surface area contributed by atoms with Crippen LogP contribution in [0.5, 0.6) is 0 Å². The Balaban J connectivity index is 1.18. The van der Waals surface area contributed by atoms with Crippen LogP contribution >= 0.6 is 0 Å². The topological polar surface area (TPSA) is 12.4 Å². The standard InChI is InChI=1S/C45H37N/c1-30-24-37(27-38(25-30)34-20-22-40-39-18-9-10-19-41(39)45(2,3)42(40)28-34)33-16-11-17-36(26-33)44-29-35(31-12-5-4-6-13-31)21-23-43(46-44)32-14-7-8-15-32/h4-22,24-29,32H,23H2,1-3H3. The average Bonchev–Trinajstić information content (AvgIpc) is 3.63. The molecule has 0 aromatic heterocycles. The molecule has 0 bridgehead atoms. The van der Waals surface area contributed by atoms with E-state index in [0.29, 0.717) is 0 Å². The van der Waals surface area contributed by atoms with Crippen LogP contribution < -0.4 is 0 Å². The van der Waals surface area contributed by atoms with Gasteiger partial charge in [0.15, 0.2) is 0 Å². The maximum atomic E-state index is 5.31. The predicted octanol–water partition coefficient (Wildman–Crippen LogP) is 11.6. The van der Waals surface area contributed by atoms with Gasteiger partial charge in [-0.05, 0) is 92.4 Å². The second-order valence-corrected chi connectivity index (χ2v) is 13.3. The van der Waals surface area contributed by atoms with E-state index in [9.17, 15) is 0 Å². The van der Waals surface area contributed by atoms with Gasteiger partial charge >= 0.3 is 0 Å². The molecule has 8 rings (SSSR count). The molecule has 3 aliphatic rings. The van der Waals surface area contributed by atoms with Crippen LogP contribution in [0.2, 0.25) is 0 Å². The third-order valence-corrected chi connectivity index (χ3v) is 9.81. The van der Waals surface area contributed by atoms with E-state index >= 15 is 0 Å². The number of fused-ring (bicyclic) bond motifs is 3. The second kappa shape index (κ2) is 11.3. The molecule has 0 fully saturated rings. The van der Waals surface area contributed by atoms with E-state index in [1.165, 1.54) is 66.9 Å². The molecule has 5 aromatic carbocycles. The summed E-state index contributed by atoms with van der Waals surface area (Å²) in [6.07, 6.45) is 14.1. The summed E-state index contributed by atoms with van der Waals surface area (Å²) < 4.78 is 0. The lowest BCUT2D eigenvalue weighted by atomic mass is 9.81. The lowest BCUT2D eigenvalue weighted by Crippen LogP contribution is -2.14. The second-order valence-electron chi connectivity index (χ2n) is 13.3. The fourth-order valence-electron chi connectivity index (χ4n) is 7.36. The Morgan fingerprint density at radius 2 is 1.24 bits per heavy atom. The quantitative estimate of drug-likeness (QED) is 0.193. The van der Waals surface area contributed by atoms with Crippen molar-refractivity contribution in [2.45, 2.75) is 32.6 Å². The van der Waals surface area contributed by atoms with Gasteiger partial charge in [-0.15, -0.1) is 0 Å². The minimum absolute atomic E-state index is 0.0220. The number of aryl methyl sites for hydroxylation is 1. The molecule has 0 saturated heterocycles. The lowest BCUT2D eigenvalue weighted by Gasteiger charge is -2.22. The zero-order valence-electron chi connectivity index (χ0n) is 26.7. The van der Waals surface area contributed by atoms with Gasteiger partial charge < -0.3 is 0 Å². The minimum atomic E-state index is -0.0220. The van der Waals surface area contributed by atoms with E-state index in [2.05, 4.69) is 172 Å². The maximum Gasteiger partial charge on any atom is 0.0708 e. The molecule has 0 spiro atoms. The molecule has 5 aromatic rings. The molecule has 2 aliphatic carbocycles. The molecule has 1 heteroatoms. The van der Waals surface area contributed by atoms with Crippen LogP contribution in [0.4, 0.5) is 0 Å². The Morgan fingerprint density at radius 3 is 2.04 bits per heavy atom. The number of hydrogen-bond donors (Lipinski definition) is 0. The molecule has 0 atom stereocenters. The van der Waals surface area contributed by atoms with E-state index in [1.54, 1.807) is 0 Å². The van der Waals surface area contributed by atoms with Crippen molar-refractivity contribution < 1.29 is 0 Å². The van der Waals surface area contributed by atoms with Gasteiger partial charge in [0, 0.05) is 29.0 Å². The van der Waals surface area contributed by atoms with Crippen molar-refractivity contribution >= 4 is 17.0 Å². The van der Waals surface area contributed by atoms with Gasteiger partial charge in [-0.2, -0.15) is 0 Å². The summed E-state index contributed by atoms with van der Waals surface area (Å²) in [5.41, 5.74) is 17.4. The largest absolute Gasteiger partial charge is 0.256 e. The number of benzene rings is 5. The van der Waals surface area contributed by atoms with Crippen molar-refractivity contribution in [3.8, 4) is 33.4 Å². The summed E-state index contributed by atoms with van der Waals surface area (Å²) in [6.45, 7) is 6.90. The zero-order chi connectivity index (χ0) is 31.3. The van der Waals surface area contributed by atoms with E-state index in [0.717, 1.165) is 17.7 Å². The number of rotatable bonds is 5. The van der Waals surface area contributed by atoms with Gasteiger partial charge in [0.2, 0.25) is 0 Å². The summed E-state index contributed by atoms with van der Waals surface area (Å²) in [5.74, 6) is 0.238. The monoisotopic (exact) mass is 591 g/mol. The summed E-state index contributed by atoms with van der Waals surface area (Å²) in [5, 5.41) is 0. The molecule has 0 amide bonds. The van der Waals surface area contributed by atoms with Crippen molar-refractivity contribution in [1.82, 2.24) is 0 Å². The summed E-state index contributed by atoms with van der Waals surface area (Å²) >= 11 is 0. The summed E-state index contributed by atoms with van der Waals surface area (Å²) in [6, 6.07) is 42.4. The summed E-state index contributed by atoms with van der Waals surface area (Å²) in [4.78, 5) is 5.31. The van der Waals surface area contributed by atoms with E-state index < -0.39 is 0 Å². The van der Waals surface area contributed by atoms with Crippen LogP contribution in [-0.4, -0.2) is 5.71 Å². The van der Waals surface area contributed by atoms with Crippen molar-refractivity contribution in [3.05, 3.63) is 180 Å². The van der Waals surface area contributed by atoms with Gasteiger partial charge in [-0.1, -0.05) is 141 Å². The highest BCUT2D eigenvalue weighted by atomic mass is 14.8. The molecule has 46 heavy (non-hydrogen) atoms. The Kier molecular flexibility index (Phi) is 6.91. The summed E-state index contributed by atoms with van der Waals surface area (Å²) in [7, 11) is 0. The van der Waals surface area contributed by atoms with Gasteiger partial charge in [0.05, 0.1) is 5.70 Å². The third-order valence-electron chi connectivity index (χ3n) is 9.81. The molecule has 1 heterocycles. The first kappa shape index (κ1) is 28.2. The molecular formula is C45H37N. The Morgan fingerprint density at radius 1 is 0.587 bits per heavy atom. The highest BCUT2D eigenvalue weighted by molar-refractivity contribution is 6.00. The number of hydrogen-bond acceptors (Lipinski definition) is 1. The fourth-order valence-corrected chi connectivity index (χ4v) is 7.36. The predicted molar refractivity (Wildman–Crippen MR) is 196 cm³/mol. The van der Waals surface area contributed by atoms with Crippen LogP contribution in [0.3, 0.4) is 0 Å². The van der Waals surface area contributed by atoms with Crippen molar-refractivity contribution in [2.24, 2.45) is 10.9 Å². The first-order valence-electron chi connectivity index (χ1n) is 16.3. The van der Waals surface area contributed by atoms with Crippen LogP contribution in [-0.2, 0) is 5.41 Å². The van der Waals surface area contributed by atoms with E-state index in [-0.39, 0.29) is 11.3 Å².